The molecule has 0 unspecified atom stereocenters. The van der Waals surface area contributed by atoms with E-state index in [9.17, 15) is 4.79 Å². The lowest BCUT2D eigenvalue weighted by molar-refractivity contribution is 0.122. The van der Waals surface area contributed by atoms with Crippen LogP contribution in [0.3, 0.4) is 0 Å². The molecule has 6 heteroatoms. The monoisotopic (exact) mass is 392 g/mol. The minimum Gasteiger partial charge on any atom is -0.378 e. The number of fused-ring (bicyclic) bond motifs is 1. The highest BCUT2D eigenvalue weighted by atomic mass is 16.5. The van der Waals surface area contributed by atoms with Crippen molar-refractivity contribution in [2.45, 2.75) is 44.9 Å². The fraction of sp³-hybridized carbons (Fsp3) is 0.478. The molecule has 0 amide bonds. The Labute approximate surface area is 170 Å². The van der Waals surface area contributed by atoms with E-state index in [1.807, 2.05) is 25.1 Å². The van der Waals surface area contributed by atoms with Gasteiger partial charge in [-0.15, -0.1) is 0 Å². The molecule has 3 aromatic rings. The van der Waals surface area contributed by atoms with Crippen molar-refractivity contribution >= 4 is 11.3 Å². The summed E-state index contributed by atoms with van der Waals surface area (Å²) < 4.78 is 7.09. The molecule has 1 N–H and O–H groups in total. The average Bonchev–Trinajstić information content (AvgIpc) is 3.15. The first-order valence-corrected chi connectivity index (χ1v) is 10.8. The molecular formula is C23H28N4O2. The number of aromatic amines is 1. The van der Waals surface area contributed by atoms with Crippen LogP contribution < -0.4 is 10.5 Å². The molecule has 1 saturated carbocycles. The van der Waals surface area contributed by atoms with Gasteiger partial charge in [-0.2, -0.15) is 9.61 Å². The number of nitrogens with zero attached hydrogens (tertiary/aromatic N) is 3. The van der Waals surface area contributed by atoms with E-state index in [1.165, 1.54) is 24.8 Å². The molecule has 2 aromatic heterocycles. The predicted octanol–water partition coefficient (Wildman–Crippen LogP) is 3.88. The number of rotatable bonds is 3. The van der Waals surface area contributed by atoms with Crippen molar-refractivity contribution in [1.82, 2.24) is 14.6 Å². The maximum absolute atomic E-state index is 13.5. The first kappa shape index (κ1) is 18.4. The minimum atomic E-state index is -0.0302. The quantitative estimate of drug-likeness (QED) is 0.735. The zero-order chi connectivity index (χ0) is 19.8. The first-order valence-electron chi connectivity index (χ1n) is 10.8. The van der Waals surface area contributed by atoms with Gasteiger partial charge in [0.05, 0.1) is 18.9 Å². The summed E-state index contributed by atoms with van der Waals surface area (Å²) in [5.41, 5.74) is 5.72. The van der Waals surface area contributed by atoms with Crippen LogP contribution >= 0.6 is 0 Å². The Morgan fingerprint density at radius 1 is 1.07 bits per heavy atom. The van der Waals surface area contributed by atoms with Crippen LogP contribution in [-0.2, 0) is 4.74 Å². The number of anilines is 1. The highest BCUT2D eigenvalue weighted by Crippen LogP contribution is 2.39. The molecule has 2 aliphatic rings. The van der Waals surface area contributed by atoms with Gasteiger partial charge in [0.1, 0.15) is 11.3 Å². The number of hydrogen-bond donors (Lipinski definition) is 1. The fourth-order valence-electron chi connectivity index (χ4n) is 4.94. The molecule has 152 valence electrons. The molecule has 29 heavy (non-hydrogen) atoms. The summed E-state index contributed by atoms with van der Waals surface area (Å²) in [6.07, 6.45) is 6.10. The number of nitrogens with one attached hydrogen (secondary N) is 1. The van der Waals surface area contributed by atoms with Gasteiger partial charge in [0.2, 0.25) is 0 Å². The molecule has 5 rings (SSSR count). The number of aryl methyl sites for hydroxylation is 1. The van der Waals surface area contributed by atoms with Crippen LogP contribution in [0.25, 0.3) is 16.9 Å². The van der Waals surface area contributed by atoms with Gasteiger partial charge in [-0.25, -0.2) is 0 Å². The number of ether oxygens (including phenoxy) is 1. The smallest absolute Gasteiger partial charge is 0.298 e. The molecule has 6 nitrogen and oxygen atoms in total. The van der Waals surface area contributed by atoms with Gasteiger partial charge in [0.15, 0.2) is 0 Å². The SMILES string of the molecule is Cc1[nH]c2c(C3CCCCC3)c(-c3ccccc3)nn2c(=O)c1N1CCOCC1. The van der Waals surface area contributed by atoms with Gasteiger partial charge in [0.25, 0.3) is 5.56 Å². The second-order valence-corrected chi connectivity index (χ2v) is 8.23. The summed E-state index contributed by atoms with van der Waals surface area (Å²) >= 11 is 0. The van der Waals surface area contributed by atoms with Gasteiger partial charge < -0.3 is 14.6 Å². The Bertz CT molecular complexity index is 1060. The lowest BCUT2D eigenvalue weighted by Gasteiger charge is -2.29. The summed E-state index contributed by atoms with van der Waals surface area (Å²) in [6.45, 7) is 4.78. The standard InChI is InChI=1S/C23H28N4O2/c1-16-21(26-12-14-29-15-13-26)23(28)27-22(24-16)19(17-8-4-2-5-9-17)20(25-27)18-10-6-3-7-11-18/h3,6-7,10-11,17,24H,2,4-5,8-9,12-15H2,1H3. The van der Waals surface area contributed by atoms with Crippen LogP contribution in [0.1, 0.15) is 49.3 Å². The Balaban J connectivity index is 1.73. The van der Waals surface area contributed by atoms with E-state index in [1.54, 1.807) is 4.52 Å². The molecule has 1 aliphatic carbocycles. The lowest BCUT2D eigenvalue weighted by atomic mass is 9.83. The number of hydrogen-bond acceptors (Lipinski definition) is 4. The van der Waals surface area contributed by atoms with E-state index in [0.29, 0.717) is 19.1 Å². The third-order valence-corrected chi connectivity index (χ3v) is 6.37. The van der Waals surface area contributed by atoms with Gasteiger partial charge in [-0.3, -0.25) is 4.79 Å². The third-order valence-electron chi connectivity index (χ3n) is 6.37. The van der Waals surface area contributed by atoms with Crippen molar-refractivity contribution < 1.29 is 4.74 Å². The Morgan fingerprint density at radius 2 is 1.79 bits per heavy atom. The van der Waals surface area contributed by atoms with Gasteiger partial charge in [-0.05, 0) is 25.7 Å². The topological polar surface area (TPSA) is 62.6 Å². The molecule has 1 aliphatic heterocycles. The lowest BCUT2D eigenvalue weighted by Crippen LogP contribution is -2.40. The van der Waals surface area contributed by atoms with Gasteiger partial charge in [0, 0.05) is 29.9 Å². The largest absolute Gasteiger partial charge is 0.378 e. The number of aromatic nitrogens is 3. The summed E-state index contributed by atoms with van der Waals surface area (Å²) in [6, 6.07) is 10.3. The zero-order valence-electron chi connectivity index (χ0n) is 17.0. The van der Waals surface area contributed by atoms with E-state index < -0.39 is 0 Å². The number of morpholine rings is 1. The first-order chi connectivity index (χ1) is 14.2. The summed E-state index contributed by atoms with van der Waals surface area (Å²) in [5, 5.41) is 4.87. The zero-order valence-corrected chi connectivity index (χ0v) is 17.0. The van der Waals surface area contributed by atoms with Crippen LogP contribution in [0.4, 0.5) is 5.69 Å². The van der Waals surface area contributed by atoms with E-state index in [2.05, 4.69) is 22.0 Å². The van der Waals surface area contributed by atoms with Crippen molar-refractivity contribution in [2.75, 3.05) is 31.2 Å². The highest BCUT2D eigenvalue weighted by molar-refractivity contribution is 5.73. The van der Waals surface area contributed by atoms with Gasteiger partial charge >= 0.3 is 0 Å². The van der Waals surface area contributed by atoms with Crippen molar-refractivity contribution in [3.63, 3.8) is 0 Å². The average molecular weight is 393 g/mol. The summed E-state index contributed by atoms with van der Waals surface area (Å²) in [5.74, 6) is 0.445. The van der Waals surface area contributed by atoms with Crippen molar-refractivity contribution in [3.05, 3.63) is 51.9 Å². The second kappa shape index (κ2) is 7.67. The molecule has 0 atom stereocenters. The van der Waals surface area contributed by atoms with E-state index in [-0.39, 0.29) is 5.56 Å². The molecular weight excluding hydrogens is 364 g/mol. The number of H-pyrrole nitrogens is 1. The van der Waals surface area contributed by atoms with E-state index in [0.717, 1.165) is 54.2 Å². The van der Waals surface area contributed by atoms with Crippen molar-refractivity contribution in [3.8, 4) is 11.3 Å². The van der Waals surface area contributed by atoms with Crippen LogP contribution in [0.5, 0.6) is 0 Å². The Hall–Kier alpha value is -2.60. The molecule has 3 heterocycles. The molecule has 0 bridgehead atoms. The molecule has 1 saturated heterocycles. The minimum absolute atomic E-state index is 0.0302. The molecule has 0 radical (unpaired) electrons. The highest BCUT2D eigenvalue weighted by Gasteiger charge is 2.28. The molecule has 2 fully saturated rings. The van der Waals surface area contributed by atoms with E-state index >= 15 is 0 Å². The van der Waals surface area contributed by atoms with Crippen molar-refractivity contribution in [1.29, 1.82) is 0 Å². The normalized spacial score (nSPS) is 18.4. The van der Waals surface area contributed by atoms with Crippen LogP contribution in [0.2, 0.25) is 0 Å². The van der Waals surface area contributed by atoms with Crippen molar-refractivity contribution in [2.24, 2.45) is 0 Å². The summed E-state index contributed by atoms with van der Waals surface area (Å²) in [4.78, 5) is 19.2. The Kier molecular flexibility index (Phi) is 4.87. The van der Waals surface area contributed by atoms with Crippen LogP contribution in [0.15, 0.2) is 35.1 Å². The fourth-order valence-corrected chi connectivity index (χ4v) is 4.94. The van der Waals surface area contributed by atoms with Crippen LogP contribution in [-0.4, -0.2) is 40.9 Å². The molecule has 1 aromatic carbocycles. The van der Waals surface area contributed by atoms with Gasteiger partial charge in [-0.1, -0.05) is 49.6 Å². The maximum Gasteiger partial charge on any atom is 0.298 e. The number of benzene rings is 1. The molecule has 0 spiro atoms. The Morgan fingerprint density at radius 3 is 2.52 bits per heavy atom. The van der Waals surface area contributed by atoms with Crippen LogP contribution in [0, 0.1) is 6.92 Å². The summed E-state index contributed by atoms with van der Waals surface area (Å²) in [7, 11) is 0. The third kappa shape index (κ3) is 3.25. The predicted molar refractivity (Wildman–Crippen MR) is 115 cm³/mol. The van der Waals surface area contributed by atoms with E-state index in [4.69, 9.17) is 9.84 Å². The maximum atomic E-state index is 13.5. The second-order valence-electron chi connectivity index (χ2n) is 8.23.